The molecule has 0 aliphatic carbocycles. The van der Waals surface area contributed by atoms with E-state index in [1.807, 2.05) is 38.1 Å². The summed E-state index contributed by atoms with van der Waals surface area (Å²) in [5.41, 5.74) is 1.26. The number of thioether (sulfide) groups is 1. The van der Waals surface area contributed by atoms with E-state index in [-0.39, 0.29) is 17.8 Å². The van der Waals surface area contributed by atoms with Crippen molar-refractivity contribution in [3.05, 3.63) is 35.7 Å². The van der Waals surface area contributed by atoms with Crippen molar-refractivity contribution >= 4 is 17.7 Å². The van der Waals surface area contributed by atoms with E-state index in [1.54, 1.807) is 0 Å². The third-order valence-electron chi connectivity index (χ3n) is 3.85. The van der Waals surface area contributed by atoms with Crippen molar-refractivity contribution in [2.45, 2.75) is 57.0 Å². The fourth-order valence-corrected chi connectivity index (χ4v) is 3.00. The number of rotatable bonds is 9. The van der Waals surface area contributed by atoms with Gasteiger partial charge >= 0.3 is 0 Å². The lowest BCUT2D eigenvalue weighted by molar-refractivity contribution is -0.120. The van der Waals surface area contributed by atoms with E-state index < -0.39 is 0 Å². The van der Waals surface area contributed by atoms with Crippen LogP contribution in [0.1, 0.15) is 51.4 Å². The van der Waals surface area contributed by atoms with E-state index in [9.17, 15) is 4.79 Å². The lowest BCUT2D eigenvalue weighted by atomic mass is 10.0. The zero-order valence-electron chi connectivity index (χ0n) is 15.7. The van der Waals surface area contributed by atoms with E-state index in [0.29, 0.717) is 23.4 Å². The predicted molar refractivity (Wildman–Crippen MR) is 104 cm³/mol. The van der Waals surface area contributed by atoms with E-state index in [2.05, 4.69) is 29.4 Å². The standard InChI is InChI=1S/C18H27N5O2S/c1-5-10-20-17(24)13(4)26-18-22-21-16(23(18)19)11-25-15-8-6-14(7-9-15)12(2)3/h6-9,12-13H,5,10-11,19H2,1-4H3,(H,20,24). The number of nitrogens with two attached hydrogens (primary N) is 1. The van der Waals surface area contributed by atoms with Crippen molar-refractivity contribution in [1.82, 2.24) is 20.2 Å². The summed E-state index contributed by atoms with van der Waals surface area (Å²) >= 11 is 1.27. The van der Waals surface area contributed by atoms with Crippen LogP contribution >= 0.6 is 11.8 Å². The summed E-state index contributed by atoms with van der Waals surface area (Å²) in [6, 6.07) is 7.96. The molecule has 0 spiro atoms. The van der Waals surface area contributed by atoms with Gasteiger partial charge in [-0.25, -0.2) is 4.68 Å². The van der Waals surface area contributed by atoms with E-state index >= 15 is 0 Å². The summed E-state index contributed by atoms with van der Waals surface area (Å²) in [6.45, 7) is 8.99. The summed E-state index contributed by atoms with van der Waals surface area (Å²) < 4.78 is 7.11. The molecule has 2 rings (SSSR count). The molecule has 26 heavy (non-hydrogen) atoms. The van der Waals surface area contributed by atoms with Gasteiger partial charge in [0.2, 0.25) is 11.1 Å². The maximum Gasteiger partial charge on any atom is 0.233 e. The topological polar surface area (TPSA) is 95.1 Å². The molecule has 0 saturated heterocycles. The second kappa shape index (κ2) is 9.47. The Balaban J connectivity index is 1.92. The highest BCUT2D eigenvalue weighted by molar-refractivity contribution is 8.00. The first-order valence-electron chi connectivity index (χ1n) is 8.78. The molecule has 3 N–H and O–H groups in total. The lowest BCUT2D eigenvalue weighted by Crippen LogP contribution is -2.31. The zero-order chi connectivity index (χ0) is 19.1. The molecule has 1 aromatic carbocycles. The average Bonchev–Trinajstić information content (AvgIpc) is 2.98. The Morgan fingerprint density at radius 3 is 2.58 bits per heavy atom. The number of carbonyl (C=O) groups excluding carboxylic acids is 1. The number of nitrogens with zero attached hydrogens (tertiary/aromatic N) is 3. The number of carbonyl (C=O) groups is 1. The molecule has 0 aliphatic heterocycles. The molecule has 1 aromatic heterocycles. The third kappa shape index (κ3) is 5.39. The summed E-state index contributed by atoms with van der Waals surface area (Å²) in [4.78, 5) is 12.0. The Hall–Kier alpha value is -2.22. The van der Waals surface area contributed by atoms with Gasteiger partial charge in [0.1, 0.15) is 12.4 Å². The van der Waals surface area contributed by atoms with Crippen LogP contribution in [0, 0.1) is 0 Å². The maximum atomic E-state index is 12.0. The molecule has 0 aliphatic rings. The molecule has 0 saturated carbocycles. The third-order valence-corrected chi connectivity index (χ3v) is 4.91. The Morgan fingerprint density at radius 2 is 1.96 bits per heavy atom. The fourth-order valence-electron chi connectivity index (χ4n) is 2.19. The smallest absolute Gasteiger partial charge is 0.233 e. The van der Waals surface area contributed by atoms with Crippen LogP contribution in [0.3, 0.4) is 0 Å². The van der Waals surface area contributed by atoms with Gasteiger partial charge in [0, 0.05) is 6.54 Å². The van der Waals surface area contributed by atoms with Crippen molar-refractivity contribution in [2.24, 2.45) is 0 Å². The second-order valence-electron chi connectivity index (χ2n) is 6.33. The fraction of sp³-hybridized carbons (Fsp3) is 0.500. The Labute approximate surface area is 158 Å². The molecule has 0 radical (unpaired) electrons. The number of benzene rings is 1. The van der Waals surface area contributed by atoms with Gasteiger partial charge in [-0.15, -0.1) is 10.2 Å². The van der Waals surface area contributed by atoms with E-state index in [1.165, 1.54) is 22.0 Å². The van der Waals surface area contributed by atoms with Gasteiger partial charge in [0.25, 0.3) is 0 Å². The first-order valence-corrected chi connectivity index (χ1v) is 9.66. The minimum absolute atomic E-state index is 0.0390. The summed E-state index contributed by atoms with van der Waals surface area (Å²) in [5, 5.41) is 11.2. The van der Waals surface area contributed by atoms with Gasteiger partial charge in [-0.05, 0) is 37.0 Å². The Bertz CT molecular complexity index is 715. The van der Waals surface area contributed by atoms with Crippen LogP contribution in [-0.4, -0.2) is 32.6 Å². The summed E-state index contributed by atoms with van der Waals surface area (Å²) in [5.74, 6) is 7.73. The summed E-state index contributed by atoms with van der Waals surface area (Å²) in [7, 11) is 0. The number of ether oxygens (including phenoxy) is 1. The van der Waals surface area contributed by atoms with E-state index in [4.69, 9.17) is 10.6 Å². The zero-order valence-corrected chi connectivity index (χ0v) is 16.5. The highest BCUT2D eigenvalue weighted by Gasteiger charge is 2.19. The van der Waals surface area contributed by atoms with Gasteiger partial charge in [-0.1, -0.05) is 44.7 Å². The first-order chi connectivity index (χ1) is 12.4. The highest BCUT2D eigenvalue weighted by atomic mass is 32.2. The van der Waals surface area contributed by atoms with Crippen molar-refractivity contribution in [2.75, 3.05) is 12.4 Å². The average molecular weight is 378 g/mol. The number of hydrogen-bond donors (Lipinski definition) is 2. The van der Waals surface area contributed by atoms with Crippen LogP contribution in [0.25, 0.3) is 0 Å². The molecule has 142 valence electrons. The molecule has 1 amide bonds. The largest absolute Gasteiger partial charge is 0.486 e. The molecule has 0 bridgehead atoms. The predicted octanol–water partition coefficient (Wildman–Crippen LogP) is 2.70. The van der Waals surface area contributed by atoms with Crippen LogP contribution in [0.5, 0.6) is 5.75 Å². The van der Waals surface area contributed by atoms with E-state index in [0.717, 1.165) is 12.2 Å². The maximum absolute atomic E-state index is 12.0. The molecule has 1 atom stereocenters. The van der Waals surface area contributed by atoms with Crippen molar-refractivity contribution in [3.8, 4) is 5.75 Å². The van der Waals surface area contributed by atoms with Gasteiger partial charge in [0.15, 0.2) is 5.82 Å². The van der Waals surface area contributed by atoms with Crippen molar-refractivity contribution < 1.29 is 9.53 Å². The molecule has 0 fully saturated rings. The van der Waals surface area contributed by atoms with Crippen LogP contribution in [0.15, 0.2) is 29.4 Å². The lowest BCUT2D eigenvalue weighted by Gasteiger charge is -2.11. The Morgan fingerprint density at radius 1 is 1.27 bits per heavy atom. The molecule has 7 nitrogen and oxygen atoms in total. The van der Waals surface area contributed by atoms with Crippen LogP contribution in [0.4, 0.5) is 0 Å². The molecule has 1 heterocycles. The first kappa shape index (κ1) is 20.1. The summed E-state index contributed by atoms with van der Waals surface area (Å²) in [6.07, 6.45) is 0.899. The SMILES string of the molecule is CCCNC(=O)C(C)Sc1nnc(COc2ccc(C(C)C)cc2)n1N. The minimum Gasteiger partial charge on any atom is -0.486 e. The number of nitrogen functional groups attached to an aromatic ring is 1. The monoisotopic (exact) mass is 377 g/mol. The van der Waals surface area contributed by atoms with Gasteiger partial charge < -0.3 is 15.9 Å². The minimum atomic E-state index is -0.301. The molecule has 2 aromatic rings. The normalized spacial score (nSPS) is 12.2. The molecular formula is C18H27N5O2S. The van der Waals surface area contributed by atoms with Crippen LogP contribution < -0.4 is 15.9 Å². The molecule has 8 heteroatoms. The number of hydrogen-bond acceptors (Lipinski definition) is 6. The van der Waals surface area contributed by atoms with Crippen molar-refractivity contribution in [3.63, 3.8) is 0 Å². The number of nitrogens with one attached hydrogen (secondary N) is 1. The van der Waals surface area contributed by atoms with Gasteiger partial charge in [-0.3, -0.25) is 4.79 Å². The molecule has 1 unspecified atom stereocenters. The van der Waals surface area contributed by atoms with Crippen LogP contribution in [-0.2, 0) is 11.4 Å². The van der Waals surface area contributed by atoms with Crippen LogP contribution in [0.2, 0.25) is 0 Å². The highest BCUT2D eigenvalue weighted by Crippen LogP contribution is 2.22. The number of aromatic nitrogens is 3. The second-order valence-corrected chi connectivity index (χ2v) is 7.64. The quantitative estimate of drug-likeness (QED) is 0.515. The van der Waals surface area contributed by atoms with Gasteiger partial charge in [-0.2, -0.15) is 0 Å². The Kier molecular flexibility index (Phi) is 7.32. The number of amides is 1. The molecular weight excluding hydrogens is 350 g/mol. The van der Waals surface area contributed by atoms with Gasteiger partial charge in [0.05, 0.1) is 5.25 Å². The van der Waals surface area contributed by atoms with Crippen molar-refractivity contribution in [1.29, 1.82) is 0 Å².